The van der Waals surface area contributed by atoms with Crippen LogP contribution in [-0.2, 0) is 4.79 Å². The lowest BCUT2D eigenvalue weighted by Crippen LogP contribution is -2.12. The zero-order chi connectivity index (χ0) is 13.7. The van der Waals surface area contributed by atoms with Crippen LogP contribution >= 0.6 is 0 Å². The maximum atomic E-state index is 10.5. The first kappa shape index (κ1) is 13.9. The summed E-state index contributed by atoms with van der Waals surface area (Å²) < 4.78 is 0. The van der Waals surface area contributed by atoms with Crippen molar-refractivity contribution in [1.82, 2.24) is 0 Å². The smallest absolute Gasteiger partial charge is 0.328 e. The molecule has 0 bridgehead atoms. The van der Waals surface area contributed by atoms with Gasteiger partial charge in [-0.25, -0.2) is 4.79 Å². The Balaban J connectivity index is 1.97. The summed E-state index contributed by atoms with van der Waals surface area (Å²) in [5.74, 6) is 0.719. The first-order valence-electron chi connectivity index (χ1n) is 7.20. The molecule has 0 saturated heterocycles. The van der Waals surface area contributed by atoms with E-state index in [9.17, 15) is 4.79 Å². The second-order valence-electron chi connectivity index (χ2n) is 5.46. The van der Waals surface area contributed by atoms with Gasteiger partial charge in [-0.15, -0.1) is 0 Å². The summed E-state index contributed by atoms with van der Waals surface area (Å²) in [4.78, 5) is 10.5. The van der Waals surface area contributed by atoms with Gasteiger partial charge >= 0.3 is 5.97 Å². The van der Waals surface area contributed by atoms with E-state index in [0.29, 0.717) is 5.92 Å². The normalized spacial score (nSPS) is 23.6. The van der Waals surface area contributed by atoms with Crippen LogP contribution in [0.15, 0.2) is 30.3 Å². The molecule has 2 rings (SSSR count). The van der Waals surface area contributed by atoms with Crippen LogP contribution in [0.25, 0.3) is 6.08 Å². The Morgan fingerprint density at radius 2 is 1.84 bits per heavy atom. The van der Waals surface area contributed by atoms with Crippen molar-refractivity contribution in [2.24, 2.45) is 5.92 Å². The number of hydrogen-bond donors (Lipinski definition) is 1. The van der Waals surface area contributed by atoms with Crippen molar-refractivity contribution in [3.8, 4) is 0 Å². The molecular formula is C17H22O2. The summed E-state index contributed by atoms with van der Waals surface area (Å²) in [6, 6.07) is 8.33. The lowest BCUT2D eigenvalue weighted by atomic mass is 9.78. The highest BCUT2D eigenvalue weighted by Crippen LogP contribution is 2.36. The molecule has 0 amide bonds. The number of carbonyl (C=O) groups is 1. The lowest BCUT2D eigenvalue weighted by molar-refractivity contribution is -0.131. The summed E-state index contributed by atoms with van der Waals surface area (Å²) in [5, 5.41) is 8.59. The van der Waals surface area contributed by atoms with Crippen LogP contribution in [-0.4, -0.2) is 11.1 Å². The van der Waals surface area contributed by atoms with E-state index in [1.54, 1.807) is 6.08 Å². The number of carboxylic acids is 1. The van der Waals surface area contributed by atoms with E-state index < -0.39 is 5.97 Å². The first-order chi connectivity index (χ1) is 9.19. The Morgan fingerprint density at radius 3 is 2.37 bits per heavy atom. The highest BCUT2D eigenvalue weighted by atomic mass is 16.4. The van der Waals surface area contributed by atoms with Gasteiger partial charge in [-0.3, -0.25) is 0 Å². The van der Waals surface area contributed by atoms with Crippen molar-refractivity contribution < 1.29 is 9.90 Å². The maximum absolute atomic E-state index is 10.5. The number of rotatable bonds is 4. The summed E-state index contributed by atoms with van der Waals surface area (Å²) in [6.07, 6.45) is 9.42. The Hall–Kier alpha value is -1.57. The molecule has 2 nitrogen and oxygen atoms in total. The Kier molecular flexibility index (Phi) is 4.78. The minimum atomic E-state index is -0.901. The SMILES string of the molecule is CC[C@H]1CC[C@H](c2ccc(C=CC(=O)O)cc2)CC1. The molecule has 0 aliphatic heterocycles. The van der Waals surface area contributed by atoms with E-state index in [0.717, 1.165) is 11.5 Å². The fourth-order valence-electron chi connectivity index (χ4n) is 2.95. The molecule has 1 saturated carbocycles. The summed E-state index contributed by atoms with van der Waals surface area (Å²) in [7, 11) is 0. The largest absolute Gasteiger partial charge is 0.478 e. The molecule has 1 aromatic rings. The molecule has 19 heavy (non-hydrogen) atoms. The predicted molar refractivity (Wildman–Crippen MR) is 78.1 cm³/mol. The van der Waals surface area contributed by atoms with Crippen LogP contribution in [0.3, 0.4) is 0 Å². The lowest BCUT2D eigenvalue weighted by Gasteiger charge is -2.28. The average molecular weight is 258 g/mol. The quantitative estimate of drug-likeness (QED) is 0.809. The second kappa shape index (κ2) is 6.55. The molecule has 1 aliphatic rings. The summed E-state index contributed by atoms with van der Waals surface area (Å²) in [6.45, 7) is 2.29. The van der Waals surface area contributed by atoms with Crippen molar-refractivity contribution in [3.05, 3.63) is 41.5 Å². The molecule has 1 aliphatic carbocycles. The second-order valence-corrected chi connectivity index (χ2v) is 5.46. The van der Waals surface area contributed by atoms with Gasteiger partial charge in [0, 0.05) is 6.08 Å². The van der Waals surface area contributed by atoms with Crippen LogP contribution in [0.2, 0.25) is 0 Å². The Morgan fingerprint density at radius 1 is 1.21 bits per heavy atom. The van der Waals surface area contributed by atoms with Gasteiger partial charge in [-0.1, -0.05) is 37.6 Å². The monoisotopic (exact) mass is 258 g/mol. The molecule has 102 valence electrons. The number of carboxylic acid groups (broad SMARTS) is 1. The number of aliphatic carboxylic acids is 1. The number of hydrogen-bond acceptors (Lipinski definition) is 1. The minimum Gasteiger partial charge on any atom is -0.478 e. The van der Waals surface area contributed by atoms with E-state index in [1.807, 2.05) is 12.1 Å². The molecule has 1 aromatic carbocycles. The third-order valence-corrected chi connectivity index (χ3v) is 4.25. The van der Waals surface area contributed by atoms with Crippen molar-refractivity contribution in [2.75, 3.05) is 0 Å². The van der Waals surface area contributed by atoms with Crippen molar-refractivity contribution >= 4 is 12.0 Å². The fourth-order valence-corrected chi connectivity index (χ4v) is 2.95. The standard InChI is InChI=1S/C17H22O2/c1-2-13-3-8-15(9-4-13)16-10-5-14(6-11-16)7-12-17(18)19/h5-7,10-13,15H,2-4,8-9H2,1H3,(H,18,19)/t13-,15-. The molecule has 0 heterocycles. The van der Waals surface area contributed by atoms with E-state index >= 15 is 0 Å². The van der Waals surface area contributed by atoms with Gasteiger partial charge < -0.3 is 5.11 Å². The van der Waals surface area contributed by atoms with E-state index in [2.05, 4.69) is 19.1 Å². The van der Waals surface area contributed by atoms with Crippen LogP contribution < -0.4 is 0 Å². The summed E-state index contributed by atoms with van der Waals surface area (Å²) >= 11 is 0. The van der Waals surface area contributed by atoms with Gasteiger partial charge in [0.1, 0.15) is 0 Å². The highest BCUT2D eigenvalue weighted by Gasteiger charge is 2.20. The van der Waals surface area contributed by atoms with Gasteiger partial charge in [0.25, 0.3) is 0 Å². The zero-order valence-corrected chi connectivity index (χ0v) is 11.5. The molecule has 0 radical (unpaired) electrons. The number of benzene rings is 1. The van der Waals surface area contributed by atoms with E-state index in [1.165, 1.54) is 43.7 Å². The van der Waals surface area contributed by atoms with Gasteiger partial charge in [-0.2, -0.15) is 0 Å². The minimum absolute atomic E-state index is 0.695. The van der Waals surface area contributed by atoms with Crippen molar-refractivity contribution in [3.63, 3.8) is 0 Å². The fraction of sp³-hybridized carbons (Fsp3) is 0.471. The molecule has 0 aromatic heterocycles. The Bertz CT molecular complexity index is 437. The molecule has 1 N–H and O–H groups in total. The van der Waals surface area contributed by atoms with Crippen molar-refractivity contribution in [2.45, 2.75) is 44.9 Å². The zero-order valence-electron chi connectivity index (χ0n) is 11.5. The van der Waals surface area contributed by atoms with Crippen LogP contribution in [0, 0.1) is 5.92 Å². The first-order valence-corrected chi connectivity index (χ1v) is 7.20. The summed E-state index contributed by atoms with van der Waals surface area (Å²) in [5.41, 5.74) is 2.36. The molecular weight excluding hydrogens is 236 g/mol. The van der Waals surface area contributed by atoms with E-state index in [4.69, 9.17) is 5.11 Å². The average Bonchev–Trinajstić information content (AvgIpc) is 2.46. The third kappa shape index (κ3) is 3.95. The van der Waals surface area contributed by atoms with Gasteiger partial charge in [-0.05, 0) is 54.7 Å². The molecule has 0 spiro atoms. The predicted octanol–water partition coefficient (Wildman–Crippen LogP) is 4.47. The van der Waals surface area contributed by atoms with Crippen LogP contribution in [0.4, 0.5) is 0 Å². The molecule has 0 unspecified atom stereocenters. The molecule has 0 atom stereocenters. The topological polar surface area (TPSA) is 37.3 Å². The maximum Gasteiger partial charge on any atom is 0.328 e. The van der Waals surface area contributed by atoms with Gasteiger partial charge in [0.15, 0.2) is 0 Å². The van der Waals surface area contributed by atoms with E-state index in [-0.39, 0.29) is 0 Å². The van der Waals surface area contributed by atoms with Crippen LogP contribution in [0.1, 0.15) is 56.1 Å². The molecule has 2 heteroatoms. The van der Waals surface area contributed by atoms with Gasteiger partial charge in [0.2, 0.25) is 0 Å². The Labute approximate surface area is 115 Å². The van der Waals surface area contributed by atoms with Crippen molar-refractivity contribution in [1.29, 1.82) is 0 Å². The molecule has 1 fully saturated rings. The van der Waals surface area contributed by atoms with Gasteiger partial charge in [0.05, 0.1) is 0 Å². The highest BCUT2D eigenvalue weighted by molar-refractivity contribution is 5.85. The van der Waals surface area contributed by atoms with Crippen LogP contribution in [0.5, 0.6) is 0 Å². The third-order valence-electron chi connectivity index (χ3n) is 4.25.